The van der Waals surface area contributed by atoms with Gasteiger partial charge in [0.15, 0.2) is 0 Å². The third-order valence-electron chi connectivity index (χ3n) is 2.81. The van der Waals surface area contributed by atoms with Crippen molar-refractivity contribution >= 4 is 17.7 Å². The molecule has 1 aromatic rings. The van der Waals surface area contributed by atoms with Gasteiger partial charge in [-0.05, 0) is 25.0 Å². The predicted molar refractivity (Wildman–Crippen MR) is 74.2 cm³/mol. The summed E-state index contributed by atoms with van der Waals surface area (Å²) in [5.41, 5.74) is 0. The van der Waals surface area contributed by atoms with E-state index in [0.29, 0.717) is 23.0 Å². The molecule has 0 bridgehead atoms. The highest BCUT2D eigenvalue weighted by molar-refractivity contribution is 7.99. The Hall–Kier alpha value is -1.03. The van der Waals surface area contributed by atoms with Gasteiger partial charge in [0.1, 0.15) is 5.82 Å². The summed E-state index contributed by atoms with van der Waals surface area (Å²) in [5, 5.41) is 2.93. The Labute approximate surface area is 112 Å². The Morgan fingerprint density at radius 1 is 1.33 bits per heavy atom. The number of halogens is 1. The normalized spacial score (nSPS) is 12.5. The van der Waals surface area contributed by atoms with Crippen LogP contribution in [0.3, 0.4) is 0 Å². The van der Waals surface area contributed by atoms with E-state index >= 15 is 0 Å². The molecule has 0 saturated heterocycles. The average Bonchev–Trinajstić information content (AvgIpc) is 2.31. The molecule has 18 heavy (non-hydrogen) atoms. The molecule has 1 N–H and O–H groups in total. The van der Waals surface area contributed by atoms with E-state index in [-0.39, 0.29) is 17.8 Å². The van der Waals surface area contributed by atoms with Gasteiger partial charge in [-0.2, -0.15) is 0 Å². The molecule has 0 saturated carbocycles. The van der Waals surface area contributed by atoms with Crippen LogP contribution in [0.5, 0.6) is 0 Å². The zero-order chi connectivity index (χ0) is 13.5. The minimum Gasteiger partial charge on any atom is -0.353 e. The van der Waals surface area contributed by atoms with Crippen LogP contribution < -0.4 is 5.32 Å². The maximum Gasteiger partial charge on any atom is 0.221 e. The SMILES string of the molecule is CC(C)C(C)NC(=O)CCSc1ccccc1F. The Bertz CT molecular complexity index is 395. The molecule has 0 aliphatic rings. The van der Waals surface area contributed by atoms with Crippen molar-refractivity contribution < 1.29 is 9.18 Å². The number of hydrogen-bond donors (Lipinski definition) is 1. The molecule has 1 rings (SSSR count). The van der Waals surface area contributed by atoms with Gasteiger partial charge in [0.2, 0.25) is 5.91 Å². The van der Waals surface area contributed by atoms with E-state index < -0.39 is 0 Å². The van der Waals surface area contributed by atoms with Crippen molar-refractivity contribution in [3.63, 3.8) is 0 Å². The molecule has 1 unspecified atom stereocenters. The molecule has 4 heteroatoms. The number of rotatable bonds is 6. The van der Waals surface area contributed by atoms with Gasteiger partial charge in [-0.3, -0.25) is 4.79 Å². The van der Waals surface area contributed by atoms with Gasteiger partial charge < -0.3 is 5.32 Å². The van der Waals surface area contributed by atoms with Crippen LogP contribution in [-0.2, 0) is 4.79 Å². The second kappa shape index (κ2) is 7.41. The van der Waals surface area contributed by atoms with Crippen molar-refractivity contribution in [2.24, 2.45) is 5.92 Å². The van der Waals surface area contributed by atoms with Gasteiger partial charge in [-0.25, -0.2) is 4.39 Å². The minimum absolute atomic E-state index is 0.0278. The average molecular weight is 269 g/mol. The number of benzene rings is 1. The Kier molecular flexibility index (Phi) is 6.19. The molecule has 0 aromatic heterocycles. The molecule has 0 aliphatic carbocycles. The van der Waals surface area contributed by atoms with Gasteiger partial charge in [0.05, 0.1) is 0 Å². The summed E-state index contributed by atoms with van der Waals surface area (Å²) in [4.78, 5) is 12.2. The molecule has 0 aliphatic heterocycles. The standard InChI is InChI=1S/C14H20FNOS/c1-10(2)11(3)16-14(17)8-9-18-13-7-5-4-6-12(13)15/h4-7,10-11H,8-9H2,1-3H3,(H,16,17). The lowest BCUT2D eigenvalue weighted by Gasteiger charge is -2.17. The van der Waals surface area contributed by atoms with E-state index in [4.69, 9.17) is 0 Å². The van der Waals surface area contributed by atoms with Crippen molar-refractivity contribution in [3.05, 3.63) is 30.1 Å². The molecule has 0 heterocycles. The van der Waals surface area contributed by atoms with Crippen LogP contribution in [0.2, 0.25) is 0 Å². The molecule has 100 valence electrons. The van der Waals surface area contributed by atoms with Crippen LogP contribution in [0, 0.1) is 11.7 Å². The fourth-order valence-electron chi connectivity index (χ4n) is 1.31. The molecule has 0 radical (unpaired) electrons. The number of carbonyl (C=O) groups is 1. The van der Waals surface area contributed by atoms with Crippen LogP contribution in [-0.4, -0.2) is 17.7 Å². The van der Waals surface area contributed by atoms with Gasteiger partial charge in [0.25, 0.3) is 0 Å². The molecular formula is C14H20FNOS. The smallest absolute Gasteiger partial charge is 0.221 e. The third-order valence-corrected chi connectivity index (χ3v) is 3.86. The van der Waals surface area contributed by atoms with Crippen molar-refractivity contribution in [1.29, 1.82) is 0 Å². The lowest BCUT2D eigenvalue weighted by Crippen LogP contribution is -2.36. The second-order valence-electron chi connectivity index (χ2n) is 4.63. The Morgan fingerprint density at radius 3 is 2.61 bits per heavy atom. The maximum atomic E-state index is 13.3. The van der Waals surface area contributed by atoms with E-state index in [1.54, 1.807) is 18.2 Å². The number of nitrogens with one attached hydrogen (secondary N) is 1. The molecular weight excluding hydrogens is 249 g/mol. The second-order valence-corrected chi connectivity index (χ2v) is 5.77. The number of hydrogen-bond acceptors (Lipinski definition) is 2. The quantitative estimate of drug-likeness (QED) is 0.801. The fourth-order valence-corrected chi connectivity index (χ4v) is 2.20. The highest BCUT2D eigenvalue weighted by Crippen LogP contribution is 2.21. The van der Waals surface area contributed by atoms with Crippen LogP contribution in [0.25, 0.3) is 0 Å². The number of thioether (sulfide) groups is 1. The summed E-state index contributed by atoms with van der Waals surface area (Å²) >= 11 is 1.38. The summed E-state index contributed by atoms with van der Waals surface area (Å²) in [6.45, 7) is 6.13. The van der Waals surface area contributed by atoms with Crippen molar-refractivity contribution in [1.82, 2.24) is 5.32 Å². The highest BCUT2D eigenvalue weighted by atomic mass is 32.2. The van der Waals surface area contributed by atoms with Crippen LogP contribution in [0.4, 0.5) is 4.39 Å². The lowest BCUT2D eigenvalue weighted by molar-refractivity contribution is -0.121. The van der Waals surface area contributed by atoms with Crippen molar-refractivity contribution in [2.75, 3.05) is 5.75 Å². The fraction of sp³-hybridized carbons (Fsp3) is 0.500. The zero-order valence-electron chi connectivity index (χ0n) is 11.1. The molecule has 1 amide bonds. The van der Waals surface area contributed by atoms with Crippen molar-refractivity contribution in [3.8, 4) is 0 Å². The highest BCUT2D eigenvalue weighted by Gasteiger charge is 2.10. The van der Waals surface area contributed by atoms with Crippen LogP contribution in [0.15, 0.2) is 29.2 Å². The monoisotopic (exact) mass is 269 g/mol. The largest absolute Gasteiger partial charge is 0.353 e. The van der Waals surface area contributed by atoms with E-state index in [1.807, 2.05) is 6.92 Å². The van der Waals surface area contributed by atoms with Gasteiger partial charge >= 0.3 is 0 Å². The van der Waals surface area contributed by atoms with Gasteiger partial charge in [0, 0.05) is 23.1 Å². The molecule has 0 fully saturated rings. The summed E-state index contributed by atoms with van der Waals surface area (Å²) in [6.07, 6.45) is 0.413. The number of amides is 1. The first-order valence-electron chi connectivity index (χ1n) is 6.17. The topological polar surface area (TPSA) is 29.1 Å². The summed E-state index contributed by atoms with van der Waals surface area (Å²) in [5.74, 6) is 0.823. The number of carbonyl (C=O) groups excluding carboxylic acids is 1. The zero-order valence-corrected chi connectivity index (χ0v) is 11.9. The van der Waals surface area contributed by atoms with E-state index in [0.717, 1.165) is 0 Å². The summed E-state index contributed by atoms with van der Waals surface area (Å²) in [7, 11) is 0. The van der Waals surface area contributed by atoms with Gasteiger partial charge in [-0.1, -0.05) is 26.0 Å². The van der Waals surface area contributed by atoms with Crippen LogP contribution in [0.1, 0.15) is 27.2 Å². The van der Waals surface area contributed by atoms with E-state index in [1.165, 1.54) is 17.8 Å². The first-order chi connectivity index (χ1) is 8.50. The maximum absolute atomic E-state index is 13.3. The molecule has 2 nitrogen and oxygen atoms in total. The third kappa shape index (κ3) is 5.08. The first-order valence-corrected chi connectivity index (χ1v) is 7.16. The van der Waals surface area contributed by atoms with E-state index in [2.05, 4.69) is 19.2 Å². The predicted octanol–water partition coefficient (Wildman–Crippen LogP) is 3.47. The molecule has 1 aromatic carbocycles. The molecule has 1 atom stereocenters. The van der Waals surface area contributed by atoms with Crippen LogP contribution >= 0.6 is 11.8 Å². The Balaban J connectivity index is 2.30. The molecule has 0 spiro atoms. The van der Waals surface area contributed by atoms with E-state index in [9.17, 15) is 9.18 Å². The minimum atomic E-state index is -0.224. The lowest BCUT2D eigenvalue weighted by atomic mass is 10.1. The van der Waals surface area contributed by atoms with Crippen molar-refractivity contribution in [2.45, 2.75) is 38.1 Å². The summed E-state index contributed by atoms with van der Waals surface area (Å²) in [6, 6.07) is 6.80. The van der Waals surface area contributed by atoms with Gasteiger partial charge in [-0.15, -0.1) is 11.8 Å². The Morgan fingerprint density at radius 2 is 2.00 bits per heavy atom. The first kappa shape index (κ1) is 15.0. The summed E-state index contributed by atoms with van der Waals surface area (Å²) < 4.78 is 13.3.